The number of aliphatic hydroxyl groups excluding tert-OH is 2. The van der Waals surface area contributed by atoms with Crippen LogP contribution >= 0.6 is 0 Å². The van der Waals surface area contributed by atoms with E-state index in [1.54, 1.807) is 16.2 Å². The van der Waals surface area contributed by atoms with Gasteiger partial charge in [-0.25, -0.2) is 9.97 Å². The lowest BCUT2D eigenvalue weighted by Gasteiger charge is -2.38. The van der Waals surface area contributed by atoms with Crippen molar-refractivity contribution < 1.29 is 19.7 Å². The summed E-state index contributed by atoms with van der Waals surface area (Å²) in [5, 5.41) is 28.3. The summed E-state index contributed by atoms with van der Waals surface area (Å²) in [6, 6.07) is -0.789. The summed E-state index contributed by atoms with van der Waals surface area (Å²) in [5.74, 6) is -0.378. The number of aliphatic hydroxyl groups is 2. The fraction of sp³-hybridized carbons (Fsp3) is 0.526. The average Bonchev–Trinajstić information content (AvgIpc) is 3.28. The van der Waals surface area contributed by atoms with Gasteiger partial charge in [0.25, 0.3) is 11.5 Å². The van der Waals surface area contributed by atoms with Crippen LogP contribution in [-0.4, -0.2) is 76.4 Å². The van der Waals surface area contributed by atoms with Crippen molar-refractivity contribution in [2.45, 2.75) is 58.2 Å². The molecule has 0 bridgehead atoms. The minimum absolute atomic E-state index is 0.00921. The van der Waals surface area contributed by atoms with Crippen LogP contribution in [0.2, 0.25) is 0 Å². The van der Waals surface area contributed by atoms with Gasteiger partial charge in [0, 0.05) is 12.2 Å². The number of rotatable bonds is 5. The highest BCUT2D eigenvalue weighted by Crippen LogP contribution is 2.20. The molecule has 1 amide bonds. The van der Waals surface area contributed by atoms with Crippen molar-refractivity contribution in [3.05, 3.63) is 40.0 Å². The van der Waals surface area contributed by atoms with Crippen molar-refractivity contribution in [3.63, 3.8) is 0 Å². The Morgan fingerprint density at radius 1 is 1.32 bits per heavy atom. The lowest BCUT2D eigenvalue weighted by molar-refractivity contribution is -0.152. The van der Waals surface area contributed by atoms with Crippen LogP contribution in [0.3, 0.4) is 0 Å². The monoisotopic (exact) mass is 431 g/mol. The number of fused-ring (bicyclic) bond motifs is 1. The molecule has 31 heavy (non-hydrogen) atoms. The van der Waals surface area contributed by atoms with Crippen LogP contribution in [0, 0.1) is 13.8 Å². The topological polar surface area (TPSA) is 160 Å². The van der Waals surface area contributed by atoms with E-state index < -0.39 is 24.4 Å². The third kappa shape index (κ3) is 3.73. The molecule has 3 aromatic rings. The summed E-state index contributed by atoms with van der Waals surface area (Å²) in [6.07, 6.45) is -0.575. The Labute approximate surface area is 176 Å². The summed E-state index contributed by atoms with van der Waals surface area (Å²) in [7, 11) is 0. The second-order valence-corrected chi connectivity index (χ2v) is 7.60. The van der Waals surface area contributed by atoms with Crippen molar-refractivity contribution in [2.24, 2.45) is 0 Å². The normalized spacial score (nSPS) is 23.9. The quantitative estimate of drug-likeness (QED) is 0.395. The van der Waals surface area contributed by atoms with E-state index in [1.165, 1.54) is 12.7 Å². The summed E-state index contributed by atoms with van der Waals surface area (Å²) in [5.41, 5.74) is 1.94. The third-order valence-corrected chi connectivity index (χ3v) is 5.64. The molecule has 0 unspecified atom stereocenters. The third-order valence-electron chi connectivity index (χ3n) is 5.64. The number of H-pyrrole nitrogens is 1. The minimum atomic E-state index is -1.26. The first-order chi connectivity index (χ1) is 14.8. The number of carbonyl (C=O) groups excluding carboxylic acids is 1. The molecule has 1 aliphatic rings. The number of nitrogens with one attached hydrogen (secondary N) is 2. The number of aryl methyl sites for hydroxylation is 2. The molecule has 0 spiro atoms. The molecular weight excluding hydrogens is 406 g/mol. The molecule has 1 fully saturated rings. The van der Waals surface area contributed by atoms with Gasteiger partial charge >= 0.3 is 0 Å². The minimum Gasteiger partial charge on any atom is -0.388 e. The van der Waals surface area contributed by atoms with E-state index in [0.717, 1.165) is 5.69 Å². The highest BCUT2D eigenvalue weighted by atomic mass is 16.5. The standard InChI is InChI=1S/C19H25N7O5/c1-4-26-10(3)13(9(2)24-26)18(29)23-11-6-31-12(16(28)15(11)27)5-25-8-22-14-17(25)20-7-21-19(14)30/h7-8,11-12,15-16,27-28H,4-6H2,1-3H3,(H,23,29)(H,20,21,30)/t11-,12-,15+,16-/m1/s1. The fourth-order valence-corrected chi connectivity index (χ4v) is 3.96. The van der Waals surface area contributed by atoms with Crippen LogP contribution in [-0.2, 0) is 17.8 Å². The molecule has 1 saturated heterocycles. The first-order valence-electron chi connectivity index (χ1n) is 10.0. The Morgan fingerprint density at radius 2 is 2.10 bits per heavy atom. The molecule has 0 radical (unpaired) electrons. The summed E-state index contributed by atoms with van der Waals surface area (Å²) in [6.45, 7) is 6.28. The Balaban J connectivity index is 1.45. The Morgan fingerprint density at radius 3 is 2.81 bits per heavy atom. The van der Waals surface area contributed by atoms with Crippen LogP contribution in [0.1, 0.15) is 28.7 Å². The van der Waals surface area contributed by atoms with Crippen molar-refractivity contribution in [3.8, 4) is 0 Å². The SMILES string of the molecule is CCn1nc(C)c(C(=O)N[C@@H]2CO[C@H](Cn3cnc4c(=O)[nH]cnc43)[C@@H](O)[C@H]2O)c1C. The predicted molar refractivity (Wildman–Crippen MR) is 109 cm³/mol. The van der Waals surface area contributed by atoms with Crippen LogP contribution in [0.15, 0.2) is 17.4 Å². The zero-order chi connectivity index (χ0) is 22.3. The van der Waals surface area contributed by atoms with E-state index in [4.69, 9.17) is 4.74 Å². The van der Waals surface area contributed by atoms with Gasteiger partial charge in [-0.05, 0) is 20.8 Å². The number of ether oxygens (including phenoxy) is 1. The van der Waals surface area contributed by atoms with Gasteiger partial charge < -0.3 is 29.8 Å². The summed E-state index contributed by atoms with van der Waals surface area (Å²) < 4.78 is 9.05. The van der Waals surface area contributed by atoms with Gasteiger partial charge in [0.1, 0.15) is 18.3 Å². The lowest BCUT2D eigenvalue weighted by Crippen LogP contribution is -2.60. The molecule has 12 heteroatoms. The second kappa shape index (κ2) is 8.21. The van der Waals surface area contributed by atoms with Crippen molar-refractivity contribution in [2.75, 3.05) is 6.61 Å². The molecule has 3 aromatic heterocycles. The van der Waals surface area contributed by atoms with E-state index in [2.05, 4.69) is 25.4 Å². The van der Waals surface area contributed by atoms with E-state index >= 15 is 0 Å². The average molecular weight is 431 g/mol. The molecular formula is C19H25N7O5. The van der Waals surface area contributed by atoms with E-state index in [0.29, 0.717) is 23.4 Å². The largest absolute Gasteiger partial charge is 0.388 e. The van der Waals surface area contributed by atoms with Gasteiger partial charge in [-0.1, -0.05) is 0 Å². The Hall–Kier alpha value is -3.09. The predicted octanol–water partition coefficient (Wildman–Crippen LogP) is -1.13. The zero-order valence-corrected chi connectivity index (χ0v) is 17.4. The maximum Gasteiger partial charge on any atom is 0.278 e. The highest BCUT2D eigenvalue weighted by Gasteiger charge is 2.40. The van der Waals surface area contributed by atoms with Gasteiger partial charge in [-0.2, -0.15) is 5.10 Å². The smallest absolute Gasteiger partial charge is 0.278 e. The molecule has 4 rings (SSSR count). The van der Waals surface area contributed by atoms with Crippen LogP contribution in [0.5, 0.6) is 0 Å². The second-order valence-electron chi connectivity index (χ2n) is 7.60. The summed E-state index contributed by atoms with van der Waals surface area (Å²) >= 11 is 0. The van der Waals surface area contributed by atoms with E-state index in [-0.39, 0.29) is 30.1 Å². The fourth-order valence-electron chi connectivity index (χ4n) is 3.96. The first kappa shape index (κ1) is 21.2. The molecule has 4 heterocycles. The number of hydrogen-bond acceptors (Lipinski definition) is 8. The maximum absolute atomic E-state index is 12.8. The molecule has 0 aliphatic carbocycles. The number of carbonyl (C=O) groups is 1. The first-order valence-corrected chi connectivity index (χ1v) is 10.0. The van der Waals surface area contributed by atoms with Crippen molar-refractivity contribution >= 4 is 17.1 Å². The number of nitrogens with zero attached hydrogens (tertiary/aromatic N) is 5. The number of imidazole rings is 1. The Bertz CT molecular complexity index is 1170. The lowest BCUT2D eigenvalue weighted by atomic mass is 9.97. The number of hydrogen-bond donors (Lipinski definition) is 4. The molecule has 1 aliphatic heterocycles. The maximum atomic E-state index is 12.8. The Kier molecular flexibility index (Phi) is 5.60. The highest BCUT2D eigenvalue weighted by molar-refractivity contribution is 5.96. The van der Waals surface area contributed by atoms with Crippen LogP contribution < -0.4 is 10.9 Å². The van der Waals surface area contributed by atoms with Gasteiger partial charge in [0.2, 0.25) is 0 Å². The molecule has 0 saturated carbocycles. The van der Waals surface area contributed by atoms with Crippen molar-refractivity contribution in [1.82, 2.24) is 34.6 Å². The zero-order valence-electron chi connectivity index (χ0n) is 17.4. The van der Waals surface area contributed by atoms with Gasteiger partial charge in [-0.15, -0.1) is 0 Å². The molecule has 0 aromatic carbocycles. The van der Waals surface area contributed by atoms with Crippen LogP contribution in [0.4, 0.5) is 0 Å². The summed E-state index contributed by atoms with van der Waals surface area (Å²) in [4.78, 5) is 35.2. The van der Waals surface area contributed by atoms with Gasteiger partial charge in [-0.3, -0.25) is 14.3 Å². The van der Waals surface area contributed by atoms with Gasteiger partial charge in [0.15, 0.2) is 11.2 Å². The molecule has 4 N–H and O–H groups in total. The van der Waals surface area contributed by atoms with Crippen molar-refractivity contribution in [1.29, 1.82) is 0 Å². The number of aromatic nitrogens is 6. The van der Waals surface area contributed by atoms with E-state index in [1.807, 2.05) is 13.8 Å². The molecule has 12 nitrogen and oxygen atoms in total. The van der Waals surface area contributed by atoms with Gasteiger partial charge in [0.05, 0.1) is 43.1 Å². The number of amides is 1. The van der Waals surface area contributed by atoms with E-state index in [9.17, 15) is 19.8 Å². The number of aromatic amines is 1. The molecule has 4 atom stereocenters. The van der Waals surface area contributed by atoms with Crippen LogP contribution in [0.25, 0.3) is 11.2 Å². The molecule has 166 valence electrons.